The fourth-order valence-electron chi connectivity index (χ4n) is 1.17. The van der Waals surface area contributed by atoms with E-state index in [0.717, 1.165) is 24.7 Å². The summed E-state index contributed by atoms with van der Waals surface area (Å²) in [6.45, 7) is 12.7. The summed E-state index contributed by atoms with van der Waals surface area (Å²) in [6, 6.07) is 0.273. The maximum atomic E-state index is 7.17. The van der Waals surface area contributed by atoms with Crippen molar-refractivity contribution in [1.29, 1.82) is 0 Å². The van der Waals surface area contributed by atoms with Crippen molar-refractivity contribution >= 4 is 18.8 Å². The van der Waals surface area contributed by atoms with E-state index in [1.165, 1.54) is 12.8 Å². The van der Waals surface area contributed by atoms with Gasteiger partial charge in [0.25, 0.3) is 0 Å². The summed E-state index contributed by atoms with van der Waals surface area (Å²) >= 11 is -0.472. The molecule has 138 valence electrons. The molecule has 2 atom stereocenters. The fraction of sp³-hybridized carbons (Fsp3) is 1.00. The van der Waals surface area contributed by atoms with Crippen LogP contribution in [0.1, 0.15) is 67.2 Å². The average molecular weight is 530 g/mol. The molecule has 21 heavy (non-hydrogen) atoms. The third kappa shape index (κ3) is 62.5. The molecule has 0 fully saturated rings. The van der Waals surface area contributed by atoms with E-state index in [0.29, 0.717) is 0 Å². The molecule has 6 N–H and O–H groups in total. The van der Waals surface area contributed by atoms with Gasteiger partial charge in [0.1, 0.15) is 0 Å². The Labute approximate surface area is 148 Å². The van der Waals surface area contributed by atoms with Gasteiger partial charge in [0.15, 0.2) is 0 Å². The number of halogens is 2. The minimum atomic E-state index is -0.472. The first-order chi connectivity index (χ1) is 8.67. The van der Waals surface area contributed by atoms with Crippen LogP contribution in [0.25, 0.3) is 11.5 Å². The molecule has 0 aromatic carbocycles. The Morgan fingerprint density at radius 3 is 0.905 bits per heavy atom. The Kier molecular flexibility index (Phi) is 41.7. The van der Waals surface area contributed by atoms with Gasteiger partial charge in [0.05, 0.1) is 0 Å². The molecule has 4 nitrogen and oxygen atoms in total. The predicted octanol–water partition coefficient (Wildman–Crippen LogP) is 5.45. The second kappa shape index (κ2) is 26.0. The summed E-state index contributed by atoms with van der Waals surface area (Å²) < 4.78 is 0. The Morgan fingerprint density at radius 1 is 0.667 bits per heavy atom. The molecule has 0 aliphatic rings. The Hall–Kier alpha value is 1.11. The summed E-state index contributed by atoms with van der Waals surface area (Å²) in [4.78, 5) is 0. The van der Waals surface area contributed by atoms with Crippen molar-refractivity contribution < 1.29 is 27.4 Å². The summed E-state index contributed by atoms with van der Waals surface area (Å²) in [5, 5.41) is 0. The third-order valence-corrected chi connectivity index (χ3v) is 2.35. The first kappa shape index (κ1) is 33.7. The van der Waals surface area contributed by atoms with Crippen molar-refractivity contribution in [2.24, 2.45) is 11.8 Å². The molecule has 0 spiro atoms. The van der Waals surface area contributed by atoms with E-state index in [1.54, 1.807) is 0 Å². The van der Waals surface area contributed by atoms with Gasteiger partial charge in [0, 0.05) is 0 Å². The van der Waals surface area contributed by atoms with Crippen LogP contribution in [0.4, 0.5) is 0 Å². The monoisotopic (exact) mass is 529 g/mol. The van der Waals surface area contributed by atoms with Crippen LogP contribution in [0.5, 0.6) is 0 Å². The van der Waals surface area contributed by atoms with Crippen LogP contribution < -0.4 is 0 Å². The maximum absolute atomic E-state index is 7.17. The predicted molar refractivity (Wildman–Crippen MR) is 94.6 cm³/mol. The summed E-state index contributed by atoms with van der Waals surface area (Å²) in [6.07, 6.45) is 4.50. The second-order valence-corrected chi connectivity index (χ2v) is 9.07. The normalized spacial score (nSPS) is 12.2. The Morgan fingerprint density at radius 2 is 0.857 bits per heavy atom. The molecule has 0 saturated carbocycles. The molecule has 0 radical (unpaired) electrons. The van der Waals surface area contributed by atoms with E-state index in [-0.39, 0.29) is 23.0 Å². The van der Waals surface area contributed by atoms with Crippen LogP contribution in [0, 0.1) is 11.8 Å². The van der Waals surface area contributed by atoms with E-state index in [9.17, 15) is 0 Å². The van der Waals surface area contributed by atoms with Crippen molar-refractivity contribution in [2.75, 3.05) is 0 Å². The van der Waals surface area contributed by atoms with Gasteiger partial charge < -0.3 is 22.4 Å². The molecule has 0 aliphatic heterocycles. The summed E-state index contributed by atoms with van der Waals surface area (Å²) in [5.41, 5.74) is 14.3. The molecule has 0 amide bonds. The first-order valence-electron chi connectivity index (χ1n) is 6.91. The van der Waals surface area contributed by atoms with Crippen LogP contribution in [0.15, 0.2) is 0 Å². The molecule has 2 unspecified atom stereocenters. The van der Waals surface area contributed by atoms with Gasteiger partial charge >= 0.3 is 35.3 Å². The Bertz CT molecular complexity index is 132. The third-order valence-electron chi connectivity index (χ3n) is 2.35. The first-order valence-corrected chi connectivity index (χ1v) is 12.5. The van der Waals surface area contributed by atoms with Gasteiger partial charge in [0.2, 0.25) is 0 Å². The van der Waals surface area contributed by atoms with Gasteiger partial charge in [-0.15, -0.1) is 12.1 Å². The second-order valence-electron chi connectivity index (χ2n) is 5.79. The molecular formula is C14H36Cl2N2O2Pt. The molecule has 0 rings (SSSR count). The molecule has 0 aromatic heterocycles. The van der Waals surface area contributed by atoms with Crippen molar-refractivity contribution in [2.45, 2.75) is 79.3 Å². The van der Waals surface area contributed by atoms with Gasteiger partial charge in [-0.2, -0.15) is 0 Å². The minimum absolute atomic E-state index is 0. The van der Waals surface area contributed by atoms with E-state index in [4.69, 9.17) is 30.3 Å². The molecule has 7 heteroatoms. The van der Waals surface area contributed by atoms with Crippen LogP contribution in [-0.4, -0.2) is 23.0 Å². The van der Waals surface area contributed by atoms with Crippen molar-refractivity contribution in [3.8, 4) is 0 Å². The van der Waals surface area contributed by atoms with E-state index in [2.05, 4.69) is 27.7 Å². The van der Waals surface area contributed by atoms with Crippen LogP contribution in [0.2, 0.25) is 0 Å². The van der Waals surface area contributed by atoms with Crippen molar-refractivity contribution in [1.82, 2.24) is 0 Å². The Balaban J connectivity index is -0.0000000634. The van der Waals surface area contributed by atoms with Gasteiger partial charge in [-0.25, -0.2) is 0 Å². The summed E-state index contributed by atoms with van der Waals surface area (Å²) in [7, 11) is 9.75. The zero-order valence-electron chi connectivity index (χ0n) is 14.2. The zero-order chi connectivity index (χ0) is 15.8. The van der Waals surface area contributed by atoms with Gasteiger partial charge in [-0.3, -0.25) is 0 Å². The molecule has 0 bridgehead atoms. The van der Waals surface area contributed by atoms with Crippen molar-refractivity contribution in [3.05, 3.63) is 11.5 Å². The van der Waals surface area contributed by atoms with E-state index < -0.39 is 16.5 Å². The fourth-order valence-corrected chi connectivity index (χ4v) is 1.17. The SMILES string of the molecule is CC(C)CCC(C)[NH-].CC(C)CCC(C)[NH-].O.O.[Cl][Pt+2][Cl]. The van der Waals surface area contributed by atoms with Crippen molar-refractivity contribution in [3.63, 3.8) is 0 Å². The van der Waals surface area contributed by atoms with Crippen LogP contribution in [0.3, 0.4) is 0 Å². The standard InChI is InChI=1S/2C7H16N.2ClH.2H2O.Pt/c2*1-6(2)4-5-7(3)8;;;;;/h2*6-8H,4-5H2,1-3H3;2*1H;2*1H2;/q2*-1;;;;;+4/p-2. The van der Waals surface area contributed by atoms with E-state index >= 15 is 0 Å². The number of nitrogens with one attached hydrogen (secondary N) is 2. The quantitative estimate of drug-likeness (QED) is 0.435. The van der Waals surface area contributed by atoms with Crippen LogP contribution >= 0.6 is 18.8 Å². The number of hydrogen-bond donors (Lipinski definition) is 0. The number of hydrogen-bond acceptors (Lipinski definition) is 0. The van der Waals surface area contributed by atoms with Crippen LogP contribution in [-0.2, 0) is 16.5 Å². The molecule has 0 aromatic rings. The summed E-state index contributed by atoms with van der Waals surface area (Å²) in [5.74, 6) is 1.53. The molecule has 0 aliphatic carbocycles. The topological polar surface area (TPSA) is 111 Å². The molecule has 0 heterocycles. The molecule has 0 saturated heterocycles. The van der Waals surface area contributed by atoms with E-state index in [1.807, 2.05) is 13.8 Å². The van der Waals surface area contributed by atoms with Gasteiger partial charge in [-0.1, -0.05) is 67.2 Å². The number of rotatable bonds is 6. The van der Waals surface area contributed by atoms with Gasteiger partial charge in [-0.05, 0) is 11.8 Å². The zero-order valence-corrected chi connectivity index (χ0v) is 18.0. The average Bonchev–Trinajstić information content (AvgIpc) is 2.25. The molecular weight excluding hydrogens is 494 g/mol.